The lowest BCUT2D eigenvalue weighted by Gasteiger charge is -2.26. The maximum Gasteiger partial charge on any atom is 0.222 e. The van der Waals surface area contributed by atoms with Gasteiger partial charge in [0.15, 0.2) is 0 Å². The number of rotatable bonds is 6. The molecule has 1 fully saturated rings. The highest BCUT2D eigenvalue weighted by atomic mass is 16.5. The molecule has 8 nitrogen and oxygen atoms in total. The first-order chi connectivity index (χ1) is 13.0. The zero-order valence-corrected chi connectivity index (χ0v) is 16.0. The van der Waals surface area contributed by atoms with E-state index < -0.39 is 5.60 Å². The van der Waals surface area contributed by atoms with E-state index in [0.29, 0.717) is 24.8 Å². The van der Waals surface area contributed by atoms with Gasteiger partial charge in [-0.25, -0.2) is 9.97 Å². The van der Waals surface area contributed by atoms with E-state index in [1.807, 2.05) is 26.1 Å². The second kappa shape index (κ2) is 7.89. The number of aryl methyl sites for hydroxylation is 1. The van der Waals surface area contributed by atoms with Crippen molar-refractivity contribution >= 4 is 28.9 Å². The summed E-state index contributed by atoms with van der Waals surface area (Å²) in [7, 11) is 3.50. The van der Waals surface area contributed by atoms with Gasteiger partial charge in [0.1, 0.15) is 17.2 Å². The lowest BCUT2D eigenvalue weighted by atomic mass is 9.97. The third kappa shape index (κ3) is 4.17. The molecule has 0 radical (unpaired) electrons. The Morgan fingerprint density at radius 2 is 2.07 bits per heavy atom. The van der Waals surface area contributed by atoms with Gasteiger partial charge in [0.05, 0.1) is 29.9 Å². The van der Waals surface area contributed by atoms with Crippen LogP contribution in [0.2, 0.25) is 0 Å². The number of pyridine rings is 2. The van der Waals surface area contributed by atoms with Crippen molar-refractivity contribution in [2.45, 2.75) is 25.9 Å². The monoisotopic (exact) mass is 371 g/mol. The number of carbonyl (C=O) groups excluding carboxylic acids is 1. The van der Waals surface area contributed by atoms with Gasteiger partial charge in [-0.3, -0.25) is 4.79 Å². The molecule has 1 aliphatic rings. The van der Waals surface area contributed by atoms with Crippen LogP contribution in [-0.2, 0) is 19.9 Å². The van der Waals surface area contributed by atoms with Gasteiger partial charge in [0, 0.05) is 40.2 Å². The van der Waals surface area contributed by atoms with E-state index in [1.54, 1.807) is 19.4 Å². The van der Waals surface area contributed by atoms with Crippen molar-refractivity contribution in [3.8, 4) is 0 Å². The Hall–Kier alpha value is -2.71. The van der Waals surface area contributed by atoms with Crippen molar-refractivity contribution in [2.24, 2.45) is 0 Å². The first kappa shape index (κ1) is 19.1. The number of hydrogen-bond donors (Lipinski definition) is 3. The average Bonchev–Trinajstić information content (AvgIpc) is 3.11. The topological polar surface area (TPSA) is 97.4 Å². The fourth-order valence-corrected chi connectivity index (χ4v) is 3.12. The Morgan fingerprint density at radius 3 is 2.70 bits per heavy atom. The number of anilines is 4. The van der Waals surface area contributed by atoms with E-state index in [1.165, 1.54) is 6.92 Å². The van der Waals surface area contributed by atoms with E-state index in [9.17, 15) is 4.79 Å². The van der Waals surface area contributed by atoms with Crippen LogP contribution in [0.3, 0.4) is 0 Å². The van der Waals surface area contributed by atoms with Crippen LogP contribution >= 0.6 is 0 Å². The summed E-state index contributed by atoms with van der Waals surface area (Å²) in [5.74, 6) is 0.976. The zero-order valence-electron chi connectivity index (χ0n) is 16.0. The third-order valence-corrected chi connectivity index (χ3v) is 4.55. The molecule has 3 N–H and O–H groups in total. The van der Waals surface area contributed by atoms with Gasteiger partial charge >= 0.3 is 0 Å². The zero-order chi connectivity index (χ0) is 19.4. The SMILES string of the molecule is CNc1cnc(NC(C)=O)cc1Nc1cc(C)cc([C@@]2(OC)CCOC2)n1. The Kier molecular flexibility index (Phi) is 5.57. The summed E-state index contributed by atoms with van der Waals surface area (Å²) < 4.78 is 11.3. The predicted octanol–water partition coefficient (Wildman–Crippen LogP) is 2.79. The summed E-state index contributed by atoms with van der Waals surface area (Å²) in [6, 6.07) is 5.75. The Bertz CT molecular complexity index is 834. The summed E-state index contributed by atoms with van der Waals surface area (Å²) in [6.07, 6.45) is 2.43. The van der Waals surface area contributed by atoms with Crippen molar-refractivity contribution in [3.05, 3.63) is 35.7 Å². The summed E-state index contributed by atoms with van der Waals surface area (Å²) in [6.45, 7) is 4.61. The van der Waals surface area contributed by atoms with Crippen molar-refractivity contribution in [1.29, 1.82) is 0 Å². The summed E-state index contributed by atoms with van der Waals surface area (Å²) in [4.78, 5) is 20.3. The van der Waals surface area contributed by atoms with Crippen molar-refractivity contribution in [1.82, 2.24) is 9.97 Å². The van der Waals surface area contributed by atoms with Crippen molar-refractivity contribution in [3.63, 3.8) is 0 Å². The molecule has 8 heteroatoms. The molecule has 27 heavy (non-hydrogen) atoms. The van der Waals surface area contributed by atoms with E-state index in [4.69, 9.17) is 14.5 Å². The first-order valence-electron chi connectivity index (χ1n) is 8.80. The van der Waals surface area contributed by atoms with E-state index in [2.05, 4.69) is 20.9 Å². The Balaban J connectivity index is 1.95. The number of carbonyl (C=O) groups is 1. The van der Waals surface area contributed by atoms with Crippen LogP contribution in [0.1, 0.15) is 24.6 Å². The Morgan fingerprint density at radius 1 is 1.26 bits per heavy atom. The molecule has 0 aromatic carbocycles. The summed E-state index contributed by atoms with van der Waals surface area (Å²) in [5.41, 5.74) is 2.93. The lowest BCUT2D eigenvalue weighted by molar-refractivity contribution is -0.114. The Labute approximate surface area is 158 Å². The second-order valence-electron chi connectivity index (χ2n) is 6.59. The molecule has 1 saturated heterocycles. The number of amides is 1. The minimum Gasteiger partial charge on any atom is -0.385 e. The van der Waals surface area contributed by atoms with Crippen LogP contribution in [0.25, 0.3) is 0 Å². The normalized spacial score (nSPS) is 19.0. The van der Waals surface area contributed by atoms with E-state index in [-0.39, 0.29) is 5.91 Å². The molecule has 3 heterocycles. The summed E-state index contributed by atoms with van der Waals surface area (Å²) in [5, 5.41) is 9.10. The highest BCUT2D eigenvalue weighted by molar-refractivity contribution is 5.89. The molecule has 2 aromatic rings. The predicted molar refractivity (Wildman–Crippen MR) is 104 cm³/mol. The van der Waals surface area contributed by atoms with Gasteiger partial charge in [-0.1, -0.05) is 0 Å². The average molecular weight is 371 g/mol. The van der Waals surface area contributed by atoms with Crippen LogP contribution in [0, 0.1) is 6.92 Å². The molecule has 1 atom stereocenters. The quantitative estimate of drug-likeness (QED) is 0.718. The molecule has 3 rings (SSSR count). The fraction of sp³-hybridized carbons (Fsp3) is 0.421. The van der Waals surface area contributed by atoms with Gasteiger partial charge in [0.2, 0.25) is 5.91 Å². The molecule has 1 amide bonds. The van der Waals surface area contributed by atoms with E-state index >= 15 is 0 Å². The molecule has 0 spiro atoms. The highest BCUT2D eigenvalue weighted by Crippen LogP contribution is 2.35. The number of nitrogens with zero attached hydrogens (tertiary/aromatic N) is 2. The standard InChI is InChI=1S/C19H25N5O3/c1-12-7-16(19(26-4)5-6-27-11-19)24-18(8-12)23-14-9-17(22-13(2)25)21-10-15(14)20-3/h7-10,20H,5-6,11H2,1-4H3,(H2,21,22,23,24,25)/t19-/m1/s1. The van der Waals surface area contributed by atoms with Gasteiger partial charge in [-0.2, -0.15) is 0 Å². The largest absolute Gasteiger partial charge is 0.385 e. The highest BCUT2D eigenvalue weighted by Gasteiger charge is 2.38. The third-order valence-electron chi connectivity index (χ3n) is 4.55. The van der Waals surface area contributed by atoms with Gasteiger partial charge in [-0.15, -0.1) is 0 Å². The molecule has 0 saturated carbocycles. The minimum atomic E-state index is -0.520. The molecular weight excluding hydrogens is 346 g/mol. The smallest absolute Gasteiger partial charge is 0.222 e. The van der Waals surface area contributed by atoms with Crippen LogP contribution < -0.4 is 16.0 Å². The van der Waals surface area contributed by atoms with Crippen LogP contribution in [0.15, 0.2) is 24.4 Å². The number of aromatic nitrogens is 2. The molecule has 1 aliphatic heterocycles. The lowest BCUT2D eigenvalue weighted by Crippen LogP contribution is -2.30. The molecule has 144 valence electrons. The van der Waals surface area contributed by atoms with Crippen molar-refractivity contribution < 1.29 is 14.3 Å². The van der Waals surface area contributed by atoms with Crippen LogP contribution in [0.5, 0.6) is 0 Å². The fourth-order valence-electron chi connectivity index (χ4n) is 3.12. The number of ether oxygens (including phenoxy) is 2. The molecule has 0 unspecified atom stereocenters. The number of hydrogen-bond acceptors (Lipinski definition) is 7. The molecule has 0 bridgehead atoms. The first-order valence-corrected chi connectivity index (χ1v) is 8.80. The van der Waals surface area contributed by atoms with Gasteiger partial charge in [0.25, 0.3) is 0 Å². The van der Waals surface area contributed by atoms with E-state index in [0.717, 1.165) is 29.1 Å². The second-order valence-corrected chi connectivity index (χ2v) is 6.59. The molecule has 0 aliphatic carbocycles. The van der Waals surface area contributed by atoms with Crippen LogP contribution in [-0.4, -0.2) is 43.2 Å². The minimum absolute atomic E-state index is 0.176. The maximum absolute atomic E-state index is 11.3. The van der Waals surface area contributed by atoms with Crippen molar-refractivity contribution in [2.75, 3.05) is 43.3 Å². The molecular formula is C19H25N5O3. The number of nitrogens with one attached hydrogen (secondary N) is 3. The molecule has 2 aromatic heterocycles. The van der Waals surface area contributed by atoms with Gasteiger partial charge < -0.3 is 25.4 Å². The van der Waals surface area contributed by atoms with Crippen LogP contribution in [0.4, 0.5) is 23.0 Å². The maximum atomic E-state index is 11.3. The van der Waals surface area contributed by atoms with Gasteiger partial charge in [-0.05, 0) is 24.6 Å². The summed E-state index contributed by atoms with van der Waals surface area (Å²) >= 11 is 0. The number of methoxy groups -OCH3 is 1.